The van der Waals surface area contributed by atoms with Crippen molar-refractivity contribution in [3.63, 3.8) is 0 Å². The lowest BCUT2D eigenvalue weighted by atomic mass is 9.79. The molecule has 11 N–H and O–H groups in total. The van der Waals surface area contributed by atoms with Crippen molar-refractivity contribution in [3.8, 4) is 5.75 Å². The first-order valence-electron chi connectivity index (χ1n) is 24.1. The maximum atomic E-state index is 15.0. The minimum atomic E-state index is -0.845. The number of nitrogens with two attached hydrogens (primary N) is 4. The Morgan fingerprint density at radius 2 is 1.11 bits per heavy atom. The van der Waals surface area contributed by atoms with Crippen LogP contribution < -0.4 is 38.5 Å². The Morgan fingerprint density at radius 3 is 1.63 bits per heavy atom. The van der Waals surface area contributed by atoms with Gasteiger partial charge in [-0.25, -0.2) is 5.48 Å². The summed E-state index contributed by atoms with van der Waals surface area (Å²) in [6, 6.07) is 36.4. The highest BCUT2D eigenvalue weighted by atomic mass is 16.5. The highest BCUT2D eigenvalue weighted by molar-refractivity contribution is 6.03. The van der Waals surface area contributed by atoms with Gasteiger partial charge in [-0.1, -0.05) is 130 Å². The second kappa shape index (κ2) is 27.9. The summed E-state index contributed by atoms with van der Waals surface area (Å²) in [6.45, 7) is 3.13. The summed E-state index contributed by atoms with van der Waals surface area (Å²) in [5, 5.41) is 12.8. The van der Waals surface area contributed by atoms with Crippen molar-refractivity contribution < 1.29 is 19.5 Å². The van der Waals surface area contributed by atoms with E-state index in [4.69, 9.17) is 27.7 Å². The molecule has 0 fully saturated rings. The number of amides is 2. The SMILES string of the molecule is NCCCCCCOc1c(CCCCCCN)cc(NC(=O)c2cc(CCC(=O)NO)c(CCC(N)(c3ccccc3)c3ccccc3)n2Cc2ccccc2)cc1CCCCCCN. The van der Waals surface area contributed by atoms with Gasteiger partial charge in [-0.2, -0.15) is 0 Å². The van der Waals surface area contributed by atoms with E-state index in [0.29, 0.717) is 57.7 Å². The van der Waals surface area contributed by atoms with E-state index in [2.05, 4.69) is 58.4 Å². The van der Waals surface area contributed by atoms with E-state index in [-0.39, 0.29) is 12.3 Å². The normalized spacial score (nSPS) is 11.5. The van der Waals surface area contributed by atoms with Gasteiger partial charge in [0.05, 0.1) is 12.1 Å². The number of carbonyl (C=O) groups is 2. The molecule has 65 heavy (non-hydrogen) atoms. The van der Waals surface area contributed by atoms with Crippen LogP contribution >= 0.6 is 0 Å². The van der Waals surface area contributed by atoms with Crippen LogP contribution in [0.3, 0.4) is 0 Å². The third-order valence-electron chi connectivity index (χ3n) is 12.4. The summed E-state index contributed by atoms with van der Waals surface area (Å²) < 4.78 is 8.77. The number of benzene rings is 4. The lowest BCUT2D eigenvalue weighted by molar-refractivity contribution is -0.129. The summed E-state index contributed by atoms with van der Waals surface area (Å²) in [6.07, 6.45) is 15.4. The second-order valence-corrected chi connectivity index (χ2v) is 17.3. The number of hydrogen-bond donors (Lipinski definition) is 7. The topological polar surface area (TPSA) is 197 Å². The van der Waals surface area contributed by atoms with Crippen LogP contribution in [0.2, 0.25) is 0 Å². The Kier molecular flexibility index (Phi) is 21.8. The summed E-state index contributed by atoms with van der Waals surface area (Å²) in [4.78, 5) is 27.5. The zero-order chi connectivity index (χ0) is 46.1. The Bertz CT molecular complexity index is 2070. The van der Waals surface area contributed by atoms with Gasteiger partial charge in [-0.05, 0) is 142 Å². The Hall–Kier alpha value is -5.30. The van der Waals surface area contributed by atoms with Gasteiger partial charge in [0.2, 0.25) is 5.91 Å². The predicted molar refractivity (Wildman–Crippen MR) is 264 cm³/mol. The Labute approximate surface area is 387 Å². The molecule has 0 aliphatic rings. The van der Waals surface area contributed by atoms with Gasteiger partial charge < -0.3 is 37.6 Å². The van der Waals surface area contributed by atoms with Crippen molar-refractivity contribution in [2.45, 2.75) is 128 Å². The molecule has 11 heteroatoms. The first kappa shape index (κ1) is 50.7. The first-order valence-corrected chi connectivity index (χ1v) is 24.1. The second-order valence-electron chi connectivity index (χ2n) is 17.3. The van der Waals surface area contributed by atoms with Crippen molar-refractivity contribution in [2.75, 3.05) is 31.6 Å². The number of hydroxylamine groups is 1. The molecule has 0 bridgehead atoms. The van der Waals surface area contributed by atoms with Crippen molar-refractivity contribution in [3.05, 3.63) is 154 Å². The minimum Gasteiger partial charge on any atom is -0.493 e. The van der Waals surface area contributed by atoms with Gasteiger partial charge in [0.1, 0.15) is 11.4 Å². The first-order chi connectivity index (χ1) is 31.8. The van der Waals surface area contributed by atoms with Crippen LogP contribution in [-0.2, 0) is 42.6 Å². The highest BCUT2D eigenvalue weighted by Gasteiger charge is 2.31. The van der Waals surface area contributed by atoms with Crippen molar-refractivity contribution >= 4 is 17.5 Å². The fraction of sp³-hybridized carbons (Fsp3) is 0.444. The van der Waals surface area contributed by atoms with Crippen LogP contribution in [-0.4, -0.2) is 47.8 Å². The van der Waals surface area contributed by atoms with Gasteiger partial charge in [0.15, 0.2) is 0 Å². The van der Waals surface area contributed by atoms with E-state index in [1.54, 1.807) is 5.48 Å². The molecular weight excluding hydrogens is 811 g/mol. The van der Waals surface area contributed by atoms with Crippen LogP contribution in [0, 0.1) is 0 Å². The van der Waals surface area contributed by atoms with Gasteiger partial charge in [0.25, 0.3) is 5.91 Å². The molecule has 0 saturated carbocycles. The molecule has 0 radical (unpaired) electrons. The molecule has 0 spiro atoms. The zero-order valence-corrected chi connectivity index (χ0v) is 38.6. The third kappa shape index (κ3) is 15.7. The molecule has 1 aromatic heterocycles. The third-order valence-corrected chi connectivity index (χ3v) is 12.4. The van der Waals surface area contributed by atoms with Gasteiger partial charge in [-0.15, -0.1) is 0 Å². The average Bonchev–Trinajstić information content (AvgIpc) is 3.68. The van der Waals surface area contributed by atoms with Crippen molar-refractivity contribution in [2.24, 2.45) is 22.9 Å². The lowest BCUT2D eigenvalue weighted by Gasteiger charge is -2.31. The number of carbonyl (C=O) groups excluding carboxylic acids is 2. The number of nitrogens with one attached hydrogen (secondary N) is 2. The lowest BCUT2D eigenvalue weighted by Crippen LogP contribution is -2.38. The Balaban J connectivity index is 1.56. The number of unbranched alkanes of at least 4 members (excludes halogenated alkanes) is 9. The Morgan fingerprint density at radius 1 is 0.600 bits per heavy atom. The molecule has 1 heterocycles. The number of nitrogens with zero attached hydrogens (tertiary/aromatic N) is 1. The minimum absolute atomic E-state index is 0.0445. The fourth-order valence-electron chi connectivity index (χ4n) is 8.82. The zero-order valence-electron chi connectivity index (χ0n) is 38.6. The summed E-state index contributed by atoms with van der Waals surface area (Å²) in [5.41, 5.74) is 34.0. The van der Waals surface area contributed by atoms with Crippen molar-refractivity contribution in [1.82, 2.24) is 10.0 Å². The highest BCUT2D eigenvalue weighted by Crippen LogP contribution is 2.35. The van der Waals surface area contributed by atoms with Crippen LogP contribution in [0.5, 0.6) is 5.75 Å². The number of anilines is 1. The molecule has 0 aliphatic heterocycles. The van der Waals surface area contributed by atoms with E-state index in [1.165, 1.54) is 0 Å². The monoisotopic (exact) mass is 886 g/mol. The van der Waals surface area contributed by atoms with E-state index >= 15 is 0 Å². The molecule has 0 saturated heterocycles. The molecular formula is C54H75N7O4. The largest absolute Gasteiger partial charge is 0.493 e. The summed E-state index contributed by atoms with van der Waals surface area (Å²) >= 11 is 0. The maximum Gasteiger partial charge on any atom is 0.272 e. The summed E-state index contributed by atoms with van der Waals surface area (Å²) in [7, 11) is 0. The fourth-order valence-corrected chi connectivity index (χ4v) is 8.82. The quantitative estimate of drug-likeness (QED) is 0.0130. The number of aryl methyl sites for hydroxylation is 3. The molecule has 0 unspecified atom stereocenters. The molecule has 0 atom stereocenters. The van der Waals surface area contributed by atoms with Crippen LogP contribution in [0.4, 0.5) is 5.69 Å². The molecule has 4 aromatic carbocycles. The predicted octanol–water partition coefficient (Wildman–Crippen LogP) is 9.08. The van der Waals surface area contributed by atoms with Crippen LogP contribution in [0.1, 0.15) is 139 Å². The average molecular weight is 886 g/mol. The number of rotatable bonds is 31. The molecule has 5 rings (SSSR count). The van der Waals surface area contributed by atoms with Gasteiger partial charge >= 0.3 is 0 Å². The molecule has 0 aliphatic carbocycles. The smallest absolute Gasteiger partial charge is 0.272 e. The number of aromatic nitrogens is 1. The molecule has 2 amide bonds. The molecule has 350 valence electrons. The van der Waals surface area contributed by atoms with E-state index in [9.17, 15) is 14.8 Å². The van der Waals surface area contributed by atoms with Crippen LogP contribution in [0.25, 0.3) is 0 Å². The van der Waals surface area contributed by atoms with Crippen LogP contribution in [0.15, 0.2) is 109 Å². The van der Waals surface area contributed by atoms with Gasteiger partial charge in [-0.3, -0.25) is 14.8 Å². The number of hydrogen-bond acceptors (Lipinski definition) is 8. The van der Waals surface area contributed by atoms with E-state index < -0.39 is 11.4 Å². The standard InChI is InChI=1S/C54H75N7O4/c55-34-18-3-1-12-24-44-38-48(39-45(25-13-2-4-19-35-56)52(44)65-37-21-6-5-20-36-57)59-53(63)50-40-43(30-31-51(62)60-64)49(61(50)41-42-22-10-7-11-23-42)32-33-54(58,46-26-14-8-15-27-46)47-28-16-9-17-29-47/h7-11,14-17,22-23,26-29,38-40,64H,1-6,12-13,18-21,24-25,30-37,41,55-58H2,(H,59,63)(H,60,62). The molecule has 5 aromatic rings. The van der Waals surface area contributed by atoms with Crippen molar-refractivity contribution in [1.29, 1.82) is 0 Å². The van der Waals surface area contributed by atoms with E-state index in [1.807, 2.05) is 60.7 Å². The summed E-state index contributed by atoms with van der Waals surface area (Å²) in [5.74, 6) is 0.200. The van der Waals surface area contributed by atoms with E-state index in [0.717, 1.165) is 140 Å². The van der Waals surface area contributed by atoms with Gasteiger partial charge in [0, 0.05) is 24.3 Å². The maximum absolute atomic E-state index is 15.0. The molecule has 11 nitrogen and oxygen atoms in total. The number of ether oxygens (including phenoxy) is 1.